The minimum atomic E-state index is -0.272. The summed E-state index contributed by atoms with van der Waals surface area (Å²) in [4.78, 5) is 25.7. The van der Waals surface area contributed by atoms with Gasteiger partial charge in [0, 0.05) is 19.0 Å². The van der Waals surface area contributed by atoms with E-state index >= 15 is 0 Å². The maximum Gasteiger partial charge on any atom is 0.257 e. The number of amides is 2. The quantitative estimate of drug-likeness (QED) is 0.920. The number of ether oxygens (including phenoxy) is 1. The van der Waals surface area contributed by atoms with Crippen LogP contribution in [-0.2, 0) is 4.79 Å². The number of nitrogens with zero attached hydrogens (tertiary/aromatic N) is 1. The number of methoxy groups -OCH3 is 1. The summed E-state index contributed by atoms with van der Waals surface area (Å²) in [6, 6.07) is 3.85. The summed E-state index contributed by atoms with van der Waals surface area (Å²) >= 11 is 0. The third-order valence-corrected chi connectivity index (χ3v) is 4.06. The van der Waals surface area contributed by atoms with Crippen molar-refractivity contribution in [2.45, 2.75) is 26.7 Å². The molecule has 0 unspecified atom stereocenters. The Bertz CT molecular complexity index is 561. The molecule has 0 radical (unpaired) electrons. The second-order valence-electron chi connectivity index (χ2n) is 5.63. The molecule has 2 amide bonds. The zero-order valence-electron chi connectivity index (χ0n) is 12.8. The van der Waals surface area contributed by atoms with Crippen LogP contribution in [0.5, 0.6) is 5.75 Å². The summed E-state index contributed by atoms with van der Waals surface area (Å²) in [6.07, 6.45) is 1.27. The number of benzene rings is 1. The molecule has 1 heterocycles. The molecule has 0 spiro atoms. The van der Waals surface area contributed by atoms with Crippen LogP contribution in [0.3, 0.4) is 0 Å². The van der Waals surface area contributed by atoms with Crippen LogP contribution in [0.4, 0.5) is 0 Å². The molecule has 114 valence electrons. The molecule has 1 fully saturated rings. The van der Waals surface area contributed by atoms with Gasteiger partial charge in [-0.1, -0.05) is 6.07 Å². The van der Waals surface area contributed by atoms with Crippen molar-refractivity contribution in [1.29, 1.82) is 0 Å². The molecule has 0 atom stereocenters. The van der Waals surface area contributed by atoms with Crippen molar-refractivity contribution in [3.05, 3.63) is 28.8 Å². The standard InChI is InChI=1S/C16H22N2O3/c1-10-8-11(2)14(13(9-10)21-3)16(20)18-6-4-12(5-7-18)15(17)19/h8-9,12H,4-7H2,1-3H3,(H2,17,19). The number of carbonyl (C=O) groups excluding carboxylic acids is 2. The molecule has 0 aromatic heterocycles. The van der Waals surface area contributed by atoms with Gasteiger partial charge in [0.15, 0.2) is 0 Å². The highest BCUT2D eigenvalue weighted by atomic mass is 16.5. The number of nitrogens with two attached hydrogens (primary N) is 1. The Labute approximate surface area is 125 Å². The van der Waals surface area contributed by atoms with Gasteiger partial charge in [0.1, 0.15) is 5.75 Å². The van der Waals surface area contributed by atoms with Gasteiger partial charge in [0.05, 0.1) is 12.7 Å². The van der Waals surface area contributed by atoms with Crippen LogP contribution in [-0.4, -0.2) is 36.9 Å². The van der Waals surface area contributed by atoms with Crippen molar-refractivity contribution in [3.8, 4) is 5.75 Å². The molecular formula is C16H22N2O3. The van der Waals surface area contributed by atoms with Crippen LogP contribution in [0, 0.1) is 19.8 Å². The van der Waals surface area contributed by atoms with Crippen molar-refractivity contribution in [3.63, 3.8) is 0 Å². The minimum Gasteiger partial charge on any atom is -0.496 e. The number of hydrogen-bond acceptors (Lipinski definition) is 3. The van der Waals surface area contributed by atoms with Crippen LogP contribution in [0.2, 0.25) is 0 Å². The summed E-state index contributed by atoms with van der Waals surface area (Å²) in [7, 11) is 1.57. The van der Waals surface area contributed by atoms with Crippen molar-refractivity contribution < 1.29 is 14.3 Å². The summed E-state index contributed by atoms with van der Waals surface area (Å²) in [5, 5.41) is 0. The molecule has 5 nitrogen and oxygen atoms in total. The SMILES string of the molecule is COc1cc(C)cc(C)c1C(=O)N1CCC(C(N)=O)CC1. The third-order valence-electron chi connectivity index (χ3n) is 4.06. The molecule has 1 saturated heterocycles. The highest BCUT2D eigenvalue weighted by Gasteiger charge is 2.28. The van der Waals surface area contributed by atoms with Crippen LogP contribution in [0.25, 0.3) is 0 Å². The molecule has 1 aliphatic heterocycles. The third kappa shape index (κ3) is 3.17. The monoisotopic (exact) mass is 290 g/mol. The lowest BCUT2D eigenvalue weighted by molar-refractivity contribution is -0.123. The first-order valence-corrected chi connectivity index (χ1v) is 7.18. The topological polar surface area (TPSA) is 72.6 Å². The Morgan fingerprint density at radius 1 is 1.24 bits per heavy atom. The molecule has 0 aliphatic carbocycles. The predicted molar refractivity (Wildman–Crippen MR) is 80.3 cm³/mol. The lowest BCUT2D eigenvalue weighted by Gasteiger charge is -2.31. The predicted octanol–water partition coefficient (Wildman–Crippen LogP) is 1.65. The van der Waals surface area contributed by atoms with Gasteiger partial charge in [0.2, 0.25) is 5.91 Å². The van der Waals surface area contributed by atoms with E-state index < -0.39 is 0 Å². The largest absolute Gasteiger partial charge is 0.496 e. The maximum atomic E-state index is 12.7. The molecule has 0 saturated carbocycles. The fraction of sp³-hybridized carbons (Fsp3) is 0.500. The minimum absolute atomic E-state index is 0.0349. The Morgan fingerprint density at radius 3 is 2.38 bits per heavy atom. The normalized spacial score (nSPS) is 15.9. The highest BCUT2D eigenvalue weighted by Crippen LogP contribution is 2.27. The van der Waals surface area contributed by atoms with Crippen LogP contribution < -0.4 is 10.5 Å². The second kappa shape index (κ2) is 6.16. The van der Waals surface area contributed by atoms with Crippen molar-refractivity contribution in [1.82, 2.24) is 4.90 Å². The highest BCUT2D eigenvalue weighted by molar-refractivity contribution is 5.98. The molecule has 21 heavy (non-hydrogen) atoms. The number of hydrogen-bond donors (Lipinski definition) is 1. The molecule has 2 rings (SSSR count). The smallest absolute Gasteiger partial charge is 0.257 e. The van der Waals surface area contributed by atoms with Crippen LogP contribution in [0.15, 0.2) is 12.1 Å². The van der Waals surface area contributed by atoms with E-state index in [4.69, 9.17) is 10.5 Å². The maximum absolute atomic E-state index is 12.7. The Kier molecular flexibility index (Phi) is 4.50. The van der Waals surface area contributed by atoms with E-state index in [1.54, 1.807) is 12.0 Å². The average Bonchev–Trinajstić information content (AvgIpc) is 2.45. The van der Waals surface area contributed by atoms with Gasteiger partial charge < -0.3 is 15.4 Å². The zero-order chi connectivity index (χ0) is 15.6. The summed E-state index contributed by atoms with van der Waals surface area (Å²) < 4.78 is 5.36. The first-order valence-electron chi connectivity index (χ1n) is 7.18. The van der Waals surface area contributed by atoms with E-state index in [-0.39, 0.29) is 17.7 Å². The van der Waals surface area contributed by atoms with E-state index in [0.717, 1.165) is 11.1 Å². The fourth-order valence-electron chi connectivity index (χ4n) is 2.89. The molecule has 5 heteroatoms. The number of rotatable bonds is 3. The Hall–Kier alpha value is -2.04. The Morgan fingerprint density at radius 2 is 1.86 bits per heavy atom. The second-order valence-corrected chi connectivity index (χ2v) is 5.63. The first kappa shape index (κ1) is 15.4. The molecule has 1 aromatic carbocycles. The van der Waals surface area contributed by atoms with E-state index in [2.05, 4.69) is 0 Å². The lowest BCUT2D eigenvalue weighted by Crippen LogP contribution is -2.42. The molecule has 0 bridgehead atoms. The number of piperidine rings is 1. The van der Waals surface area contributed by atoms with E-state index in [9.17, 15) is 9.59 Å². The van der Waals surface area contributed by atoms with Gasteiger partial charge in [0.25, 0.3) is 5.91 Å². The number of aryl methyl sites for hydroxylation is 2. The van der Waals surface area contributed by atoms with E-state index in [1.807, 2.05) is 26.0 Å². The molecule has 2 N–H and O–H groups in total. The van der Waals surface area contributed by atoms with Gasteiger partial charge in [-0.25, -0.2) is 0 Å². The zero-order valence-corrected chi connectivity index (χ0v) is 12.8. The number of primary amides is 1. The van der Waals surface area contributed by atoms with Crippen LogP contribution >= 0.6 is 0 Å². The van der Waals surface area contributed by atoms with E-state index in [1.165, 1.54) is 0 Å². The summed E-state index contributed by atoms with van der Waals surface area (Å²) in [6.45, 7) is 5.01. The van der Waals surface area contributed by atoms with Gasteiger partial charge in [-0.2, -0.15) is 0 Å². The van der Waals surface area contributed by atoms with Crippen LogP contribution in [0.1, 0.15) is 34.3 Å². The number of carbonyl (C=O) groups is 2. The van der Waals surface area contributed by atoms with Gasteiger partial charge in [-0.3, -0.25) is 9.59 Å². The van der Waals surface area contributed by atoms with Gasteiger partial charge >= 0.3 is 0 Å². The summed E-state index contributed by atoms with van der Waals surface area (Å²) in [5.41, 5.74) is 7.91. The lowest BCUT2D eigenvalue weighted by atomic mass is 9.95. The summed E-state index contributed by atoms with van der Waals surface area (Å²) in [5.74, 6) is 0.183. The molecule has 1 aliphatic rings. The molecular weight excluding hydrogens is 268 g/mol. The van der Waals surface area contributed by atoms with Crippen molar-refractivity contribution >= 4 is 11.8 Å². The fourth-order valence-corrected chi connectivity index (χ4v) is 2.89. The Balaban J connectivity index is 2.20. The molecule has 1 aromatic rings. The average molecular weight is 290 g/mol. The van der Waals surface area contributed by atoms with Crippen molar-refractivity contribution in [2.75, 3.05) is 20.2 Å². The van der Waals surface area contributed by atoms with Gasteiger partial charge in [-0.15, -0.1) is 0 Å². The van der Waals surface area contributed by atoms with E-state index in [0.29, 0.717) is 37.2 Å². The number of likely N-dealkylation sites (tertiary alicyclic amines) is 1. The van der Waals surface area contributed by atoms with Gasteiger partial charge in [-0.05, 0) is 43.9 Å². The van der Waals surface area contributed by atoms with Crippen molar-refractivity contribution in [2.24, 2.45) is 11.7 Å². The first-order chi connectivity index (χ1) is 9.93.